The third-order valence-corrected chi connectivity index (χ3v) is 17.2. The molecule has 2 unspecified atom stereocenters. The third-order valence-electron chi connectivity index (χ3n) is 17.2. The predicted octanol–water partition coefficient (Wildman–Crippen LogP) is 13.6. The molecule has 4 aliphatic heterocycles. The van der Waals surface area contributed by atoms with Crippen LogP contribution in [0.3, 0.4) is 0 Å². The summed E-state index contributed by atoms with van der Waals surface area (Å²) in [6, 6.07) is 38.3. The highest BCUT2D eigenvalue weighted by Gasteiger charge is 2.60. The zero-order chi connectivity index (χ0) is 51.2. The van der Waals surface area contributed by atoms with Crippen LogP contribution >= 0.6 is 0 Å². The van der Waals surface area contributed by atoms with E-state index in [4.69, 9.17) is 28.9 Å². The first-order valence-corrected chi connectivity index (χ1v) is 27.1. The van der Waals surface area contributed by atoms with Crippen molar-refractivity contribution in [3.63, 3.8) is 0 Å². The summed E-state index contributed by atoms with van der Waals surface area (Å²) in [5, 5.41) is 4.38. The van der Waals surface area contributed by atoms with Crippen LogP contribution in [0, 0.1) is 0 Å². The number of para-hydroxylation sites is 2. The Kier molecular flexibility index (Phi) is 13.6. The van der Waals surface area contributed by atoms with Crippen molar-refractivity contribution in [2.45, 2.75) is 108 Å². The maximum Gasteiger partial charge on any atom is 0.228 e. The van der Waals surface area contributed by atoms with E-state index in [1.54, 1.807) is 0 Å². The Balaban J connectivity index is 0.600. The van der Waals surface area contributed by atoms with Crippen LogP contribution < -0.4 is 28.7 Å². The van der Waals surface area contributed by atoms with Gasteiger partial charge in [-0.05, 0) is 149 Å². The summed E-state index contributed by atoms with van der Waals surface area (Å²) in [5.41, 5.74) is 4.68. The van der Waals surface area contributed by atoms with Gasteiger partial charge in [0, 0.05) is 42.7 Å². The van der Waals surface area contributed by atoms with Gasteiger partial charge in [-0.1, -0.05) is 60.7 Å². The maximum atomic E-state index is 6.93. The number of likely N-dealkylation sites (N-methyl/N-ethyl adjacent to an activating group) is 2. The molecule has 0 saturated heterocycles. The zero-order valence-corrected chi connectivity index (χ0v) is 45.5. The van der Waals surface area contributed by atoms with E-state index in [0.717, 1.165) is 77.7 Å². The Labute approximate surface area is 435 Å². The summed E-state index contributed by atoms with van der Waals surface area (Å²) in [6.07, 6.45) is 14.7. The van der Waals surface area contributed by atoms with E-state index in [-0.39, 0.29) is 10.8 Å². The van der Waals surface area contributed by atoms with Crippen molar-refractivity contribution >= 4 is 56.7 Å². The van der Waals surface area contributed by atoms with E-state index in [1.165, 1.54) is 93.6 Å². The molecule has 0 N–H and O–H groups in total. The number of benzene rings is 6. The van der Waals surface area contributed by atoms with Crippen molar-refractivity contribution < 1.29 is 27.9 Å². The van der Waals surface area contributed by atoms with E-state index in [0.29, 0.717) is 13.2 Å². The highest BCUT2D eigenvalue weighted by molar-refractivity contribution is 6.02. The van der Waals surface area contributed by atoms with Gasteiger partial charge in [-0.15, -0.1) is 0 Å². The van der Waals surface area contributed by atoms with Crippen LogP contribution in [0.2, 0.25) is 0 Å². The monoisotopic (exact) mass is 985 g/mol. The average Bonchev–Trinajstić information content (AvgIpc) is 3.64. The minimum absolute atomic E-state index is 0.284. The maximum absolute atomic E-state index is 6.93. The molecule has 0 bridgehead atoms. The number of unbranched alkanes of at least 4 members (excludes halogenated alkanes) is 6. The van der Waals surface area contributed by atoms with Gasteiger partial charge in [-0.2, -0.15) is 0 Å². The first-order chi connectivity index (χ1) is 35.0. The van der Waals surface area contributed by atoms with E-state index in [9.17, 15) is 0 Å². The lowest BCUT2D eigenvalue weighted by Crippen LogP contribution is -2.61. The largest absolute Gasteiger partial charge is 0.494 e. The Morgan fingerprint density at radius 3 is 1.27 bits per heavy atom. The minimum Gasteiger partial charge on any atom is -0.494 e. The quantitative estimate of drug-likeness (QED) is 0.0561. The van der Waals surface area contributed by atoms with Crippen molar-refractivity contribution in [1.29, 1.82) is 0 Å². The van der Waals surface area contributed by atoms with Crippen LogP contribution in [0.15, 0.2) is 119 Å². The number of hydrogen-bond donors (Lipinski definition) is 0. The lowest BCUT2D eigenvalue weighted by molar-refractivity contribution is -0.909. The molecule has 10 rings (SSSR count). The van der Waals surface area contributed by atoms with Crippen molar-refractivity contribution in [2.75, 3.05) is 91.5 Å². The van der Waals surface area contributed by atoms with Crippen LogP contribution in [0.4, 0.5) is 22.7 Å². The molecule has 4 heterocycles. The highest BCUT2D eigenvalue weighted by Crippen LogP contribution is 2.56. The van der Waals surface area contributed by atoms with Crippen LogP contribution in [0.1, 0.15) is 96.6 Å². The van der Waals surface area contributed by atoms with Gasteiger partial charge in [-0.25, -0.2) is 0 Å². The first-order valence-electron chi connectivity index (χ1n) is 27.1. The molecule has 0 fully saturated rings. The van der Waals surface area contributed by atoms with Crippen molar-refractivity contribution in [3.05, 3.63) is 120 Å². The lowest BCUT2D eigenvalue weighted by atomic mass is 9.77. The summed E-state index contributed by atoms with van der Waals surface area (Å²) < 4.78 is 28.7. The molecular formula is C63H80N6O4+2. The second kappa shape index (κ2) is 19.6. The zero-order valence-electron chi connectivity index (χ0n) is 45.5. The fourth-order valence-corrected chi connectivity index (χ4v) is 12.4. The van der Waals surface area contributed by atoms with Crippen LogP contribution in [0.25, 0.3) is 21.5 Å². The smallest absolute Gasteiger partial charge is 0.228 e. The second-order valence-electron chi connectivity index (χ2n) is 23.8. The van der Waals surface area contributed by atoms with E-state index < -0.39 is 11.4 Å². The molecule has 6 aromatic carbocycles. The van der Waals surface area contributed by atoms with Gasteiger partial charge in [0.2, 0.25) is 11.4 Å². The molecule has 6 aromatic rings. The Hall–Kier alpha value is -6.10. The topological polar surface area (TPSA) is 68.1 Å². The van der Waals surface area contributed by atoms with E-state index >= 15 is 0 Å². The van der Waals surface area contributed by atoms with Crippen molar-refractivity contribution in [2.24, 2.45) is 9.98 Å². The van der Waals surface area contributed by atoms with Crippen LogP contribution in [0.5, 0.6) is 23.0 Å². The number of nitrogens with zero attached hydrogens (tertiary/aromatic N) is 6. The Bertz CT molecular complexity index is 2850. The molecule has 0 radical (unpaired) electrons. The van der Waals surface area contributed by atoms with E-state index in [2.05, 4.69) is 189 Å². The highest BCUT2D eigenvalue weighted by atomic mass is 16.5. The van der Waals surface area contributed by atoms with Gasteiger partial charge in [0.25, 0.3) is 0 Å². The van der Waals surface area contributed by atoms with Crippen LogP contribution in [-0.2, 0) is 10.8 Å². The molecule has 10 nitrogen and oxygen atoms in total. The molecule has 2 atom stereocenters. The Morgan fingerprint density at radius 2 is 0.849 bits per heavy atom. The van der Waals surface area contributed by atoms with Gasteiger partial charge < -0.3 is 37.7 Å². The molecule has 0 amide bonds. The summed E-state index contributed by atoms with van der Waals surface area (Å²) in [7, 11) is 13.8. The van der Waals surface area contributed by atoms with Gasteiger partial charge in [0.15, 0.2) is 0 Å². The predicted molar refractivity (Wildman–Crippen MR) is 303 cm³/mol. The van der Waals surface area contributed by atoms with Crippen molar-refractivity contribution in [1.82, 2.24) is 0 Å². The number of rotatable bonds is 20. The minimum atomic E-state index is -0.697. The Morgan fingerprint density at radius 1 is 0.466 bits per heavy atom. The first kappa shape index (κ1) is 50.4. The summed E-state index contributed by atoms with van der Waals surface area (Å²) >= 11 is 0. The molecule has 2 spiro atoms. The standard InChI is InChI=1S/C63H80N6O4/c1-60(2)52-24-15-17-26-54(52)66(5)62(60)44-64-58-50-42-48(32-28-46(50)30-34-56(58)72-62)70-40-21-13-11-19-36-68(7,8)38-23-39-69(9,10)37-20-12-14-22-41-71-49-33-29-47-31-35-57-59(51(47)43-49)65-45-63(73-57)61(3,4)53-25-16-18-27-55(53)67(63)6/h15-18,24-35,42-45H,11-14,19-23,36-41H2,1-10H3/q+2. The summed E-state index contributed by atoms with van der Waals surface area (Å²) in [4.78, 5) is 14.7. The molecular weight excluding hydrogens is 905 g/mol. The number of fused-ring (bicyclic) bond motifs is 8. The molecule has 4 aliphatic rings. The van der Waals surface area contributed by atoms with Crippen LogP contribution in [-0.4, -0.2) is 115 Å². The number of anilines is 2. The second-order valence-corrected chi connectivity index (χ2v) is 23.8. The fraction of sp³-hybridized carbons (Fsp3) is 0.460. The lowest BCUT2D eigenvalue weighted by Gasteiger charge is -2.45. The molecule has 0 saturated carbocycles. The normalized spacial score (nSPS) is 20.0. The van der Waals surface area contributed by atoms with Gasteiger partial charge in [0.05, 0.1) is 90.8 Å². The number of hydrogen-bond acceptors (Lipinski definition) is 8. The van der Waals surface area contributed by atoms with Gasteiger partial charge >= 0.3 is 0 Å². The van der Waals surface area contributed by atoms with Crippen molar-refractivity contribution in [3.8, 4) is 23.0 Å². The van der Waals surface area contributed by atoms with E-state index in [1.807, 2.05) is 12.4 Å². The summed E-state index contributed by atoms with van der Waals surface area (Å²) in [6.45, 7) is 15.3. The SMILES string of the molecule is CN1c2ccccc2C(C)(C)C12C=Nc1c(ccc3ccc(OCCCCCC[N+](C)(C)CCC[N+](C)(C)CCCCCCOc4ccc5ccc6c(c5c4)N=CC4(O6)N(C)c5ccccc5C4(C)C)cc13)O2. The number of ether oxygens (including phenoxy) is 4. The van der Waals surface area contributed by atoms with Gasteiger partial charge in [-0.3, -0.25) is 9.98 Å². The fourth-order valence-electron chi connectivity index (χ4n) is 12.4. The molecule has 0 aromatic heterocycles. The summed E-state index contributed by atoms with van der Waals surface area (Å²) in [5.74, 6) is 3.38. The molecule has 384 valence electrons. The molecule has 73 heavy (non-hydrogen) atoms. The number of aliphatic imine (C=N–C) groups is 2. The van der Waals surface area contributed by atoms with Gasteiger partial charge in [0.1, 0.15) is 34.4 Å². The average molecular weight is 985 g/mol. The third kappa shape index (κ3) is 9.32. The number of quaternary nitrogens is 2. The molecule has 10 heteroatoms. The molecule has 0 aliphatic carbocycles.